The van der Waals surface area contributed by atoms with Crippen molar-refractivity contribution in [3.8, 4) is 5.75 Å². The zero-order valence-corrected chi connectivity index (χ0v) is 29.2. The van der Waals surface area contributed by atoms with Crippen molar-refractivity contribution in [2.45, 2.75) is 25.1 Å². The summed E-state index contributed by atoms with van der Waals surface area (Å²) in [6.45, 7) is 1.42. The van der Waals surface area contributed by atoms with Crippen LogP contribution in [-0.4, -0.2) is 72.7 Å². The number of aromatic nitrogens is 6. The van der Waals surface area contributed by atoms with Crippen molar-refractivity contribution < 1.29 is 18.6 Å². The molecule has 0 fully saturated rings. The lowest BCUT2D eigenvalue weighted by Crippen LogP contribution is -2.37. The van der Waals surface area contributed by atoms with Crippen molar-refractivity contribution in [3.63, 3.8) is 0 Å². The number of hydrogen-bond acceptors (Lipinski definition) is 7. The molecule has 0 saturated heterocycles. The van der Waals surface area contributed by atoms with Crippen molar-refractivity contribution in [1.29, 1.82) is 0 Å². The summed E-state index contributed by atoms with van der Waals surface area (Å²) < 4.78 is 35.8. The highest BCUT2D eigenvalue weighted by Crippen LogP contribution is 2.35. The van der Waals surface area contributed by atoms with Crippen LogP contribution in [0.25, 0.3) is 11.1 Å². The van der Waals surface area contributed by atoms with E-state index in [2.05, 4.69) is 97.9 Å². The summed E-state index contributed by atoms with van der Waals surface area (Å²) in [5, 5.41) is 18.8. The molecule has 6 rings (SSSR count). The first-order chi connectivity index (χ1) is 24.8. The van der Waals surface area contributed by atoms with E-state index in [1.165, 1.54) is 68.6 Å². The van der Waals surface area contributed by atoms with Crippen molar-refractivity contribution in [2.24, 2.45) is 0 Å². The molecule has 264 valence electrons. The fourth-order valence-corrected chi connectivity index (χ4v) is 5.77. The number of halogens is 3. The van der Waals surface area contributed by atoms with E-state index in [4.69, 9.17) is 16.3 Å². The summed E-state index contributed by atoms with van der Waals surface area (Å²) in [5.41, 5.74) is 4.29. The third-order valence-corrected chi connectivity index (χ3v) is 8.18. The summed E-state index contributed by atoms with van der Waals surface area (Å²) in [6.07, 6.45) is 6.20. The van der Waals surface area contributed by atoms with E-state index in [9.17, 15) is 13.9 Å². The highest BCUT2D eigenvalue weighted by atomic mass is 35.5. The molecular weight excluding hydrogens is 672 g/mol. The first kappa shape index (κ1) is 37.0. The molecule has 0 aliphatic heterocycles. The maximum Gasteiger partial charge on any atom is 0.137 e. The molecule has 2 heterocycles. The van der Waals surface area contributed by atoms with Gasteiger partial charge in [0.25, 0.3) is 0 Å². The number of likely N-dealkylation sites (N-methyl/N-ethyl adjacent to an activating group) is 1. The van der Waals surface area contributed by atoms with Crippen LogP contribution >= 0.6 is 11.6 Å². The molecule has 0 atom stereocenters. The van der Waals surface area contributed by atoms with Crippen LogP contribution in [0.15, 0.2) is 128 Å². The highest BCUT2D eigenvalue weighted by molar-refractivity contribution is 6.18. The van der Waals surface area contributed by atoms with Gasteiger partial charge in [0.15, 0.2) is 0 Å². The van der Waals surface area contributed by atoms with Gasteiger partial charge in [-0.2, -0.15) is 10.2 Å². The molecule has 0 aliphatic rings. The number of ether oxygens (including phenoxy) is 1. The molecule has 0 spiro atoms. The lowest BCUT2D eigenvalue weighted by atomic mass is 9.88. The Morgan fingerprint density at radius 3 is 1.86 bits per heavy atom. The second-order valence-electron chi connectivity index (χ2n) is 12.0. The Morgan fingerprint density at radius 1 is 0.784 bits per heavy atom. The Balaban J connectivity index is 0.000000205. The Kier molecular flexibility index (Phi) is 13.2. The zero-order valence-electron chi connectivity index (χ0n) is 28.5. The number of nitrogens with zero attached hydrogens (tertiary/aromatic N) is 7. The molecule has 12 heteroatoms. The number of benzene rings is 4. The Bertz CT molecular complexity index is 1900. The lowest BCUT2D eigenvalue weighted by Gasteiger charge is -2.28. The average molecular weight is 712 g/mol. The Hall–Kier alpha value is -5.23. The van der Waals surface area contributed by atoms with Crippen LogP contribution in [0.3, 0.4) is 0 Å². The maximum atomic E-state index is 14.1. The minimum Gasteiger partial charge on any atom is -0.492 e. The molecular formula is C39H40ClF2N7O2. The van der Waals surface area contributed by atoms with Crippen LogP contribution in [-0.2, 0) is 18.7 Å². The summed E-state index contributed by atoms with van der Waals surface area (Å²) in [5.74, 6) is -0.0961. The summed E-state index contributed by atoms with van der Waals surface area (Å²) in [4.78, 5) is 9.69. The first-order valence-corrected chi connectivity index (χ1v) is 16.9. The van der Waals surface area contributed by atoms with Crippen molar-refractivity contribution in [3.05, 3.63) is 162 Å². The second kappa shape index (κ2) is 18.1. The molecule has 2 aromatic heterocycles. The Morgan fingerprint density at radius 2 is 1.35 bits per heavy atom. The topological polar surface area (TPSA) is 94.1 Å². The number of rotatable bonds is 14. The number of hydrogen-bond donors (Lipinski definition) is 1. The monoisotopic (exact) mass is 711 g/mol. The van der Waals surface area contributed by atoms with Gasteiger partial charge in [-0.1, -0.05) is 78.9 Å². The third kappa shape index (κ3) is 10.4. The summed E-state index contributed by atoms with van der Waals surface area (Å²) >= 11 is 6.21. The van der Waals surface area contributed by atoms with E-state index < -0.39 is 17.2 Å². The molecule has 4 aromatic carbocycles. The van der Waals surface area contributed by atoms with Crippen LogP contribution in [0.5, 0.6) is 5.75 Å². The van der Waals surface area contributed by atoms with Gasteiger partial charge in [-0.05, 0) is 66.6 Å². The largest absolute Gasteiger partial charge is 0.492 e. The zero-order chi connectivity index (χ0) is 36.1. The average Bonchev–Trinajstić information content (AvgIpc) is 3.84. The smallest absolute Gasteiger partial charge is 0.137 e. The van der Waals surface area contributed by atoms with Crippen LogP contribution in [0, 0.1) is 11.6 Å². The van der Waals surface area contributed by atoms with E-state index in [1.807, 2.05) is 26.2 Å². The predicted octanol–water partition coefficient (Wildman–Crippen LogP) is 6.95. The molecule has 0 unspecified atom stereocenters. The summed E-state index contributed by atoms with van der Waals surface area (Å²) in [7, 11) is 4.09. The quantitative estimate of drug-likeness (QED) is 0.0966. The molecule has 0 bridgehead atoms. The number of allylic oxidation sites excluding steroid dienone is 1. The van der Waals surface area contributed by atoms with Crippen LogP contribution in [0.4, 0.5) is 8.78 Å². The predicted molar refractivity (Wildman–Crippen MR) is 195 cm³/mol. The van der Waals surface area contributed by atoms with E-state index >= 15 is 0 Å². The fourth-order valence-electron chi connectivity index (χ4n) is 5.58. The van der Waals surface area contributed by atoms with Crippen molar-refractivity contribution in [1.82, 2.24) is 34.4 Å². The number of alkyl halides is 1. The van der Waals surface area contributed by atoms with Gasteiger partial charge in [0, 0.05) is 24.1 Å². The molecule has 0 amide bonds. The highest BCUT2D eigenvalue weighted by Gasteiger charge is 2.34. The van der Waals surface area contributed by atoms with Gasteiger partial charge in [-0.15, -0.1) is 11.6 Å². The minimum absolute atomic E-state index is 0.0556. The van der Waals surface area contributed by atoms with Gasteiger partial charge in [0.1, 0.15) is 54.9 Å². The van der Waals surface area contributed by atoms with E-state index in [-0.39, 0.29) is 18.7 Å². The van der Waals surface area contributed by atoms with Crippen molar-refractivity contribution in [2.75, 3.05) is 33.1 Å². The third-order valence-electron chi connectivity index (χ3n) is 7.99. The molecule has 1 N–H and O–H groups in total. The summed E-state index contributed by atoms with van der Waals surface area (Å²) in [6, 6.07) is 32.5. The normalized spacial score (nSPS) is 11.9. The first-order valence-electron chi connectivity index (χ1n) is 16.4. The van der Waals surface area contributed by atoms with E-state index in [1.54, 1.807) is 0 Å². The van der Waals surface area contributed by atoms with E-state index in [0.29, 0.717) is 12.5 Å². The van der Waals surface area contributed by atoms with Gasteiger partial charge in [-0.3, -0.25) is 0 Å². The van der Waals surface area contributed by atoms with Gasteiger partial charge in [0.05, 0.1) is 13.1 Å². The van der Waals surface area contributed by atoms with Gasteiger partial charge in [-0.25, -0.2) is 28.1 Å². The van der Waals surface area contributed by atoms with E-state index in [0.717, 1.165) is 30.8 Å². The molecule has 9 nitrogen and oxygen atoms in total. The maximum absolute atomic E-state index is 14.1. The fraction of sp³-hybridized carbons (Fsp3) is 0.231. The minimum atomic E-state index is -1.70. The van der Waals surface area contributed by atoms with Crippen LogP contribution in [0.1, 0.15) is 28.7 Å². The number of aliphatic hydroxyl groups is 1. The van der Waals surface area contributed by atoms with Crippen LogP contribution < -0.4 is 4.74 Å². The lowest BCUT2D eigenvalue weighted by molar-refractivity contribution is -0.00856. The van der Waals surface area contributed by atoms with Gasteiger partial charge in [0.2, 0.25) is 0 Å². The molecule has 51 heavy (non-hydrogen) atoms. The SMILES string of the molecule is CN(C)CCOc1ccc(/C(=C(/CCCl)c2ccccc2)c2ccccc2)cc1.OC(Cn1cncn1)(Cn1cncn1)c1ccc(F)cc1F. The molecule has 6 aromatic rings. The molecule has 0 radical (unpaired) electrons. The molecule has 0 aliphatic carbocycles. The molecule has 0 saturated carbocycles. The van der Waals surface area contributed by atoms with Gasteiger partial charge < -0.3 is 14.7 Å². The standard InChI is InChI=1S/C26H28ClNO.C13H12F2N6O/c1-28(2)19-20-29-24-15-13-23(14-16-24)26(22-11-7-4-8-12-22)25(17-18-27)21-9-5-3-6-10-21;14-10-1-2-11(12(15)3-10)13(22,4-20-8-16-6-18-20)5-21-9-17-7-19-21/h3-16H,17-20H2,1-2H3;1-3,6-9,22H,4-5H2/b26-25-;. The van der Waals surface area contributed by atoms with Gasteiger partial charge >= 0.3 is 0 Å². The van der Waals surface area contributed by atoms with Crippen LogP contribution in [0.2, 0.25) is 0 Å². The Labute approximate surface area is 301 Å². The second-order valence-corrected chi connectivity index (χ2v) is 12.4. The van der Waals surface area contributed by atoms with Crippen molar-refractivity contribution >= 4 is 22.7 Å².